The lowest BCUT2D eigenvalue weighted by atomic mass is 10.1. The molecule has 160 valence electrons. The third kappa shape index (κ3) is 5.54. The summed E-state index contributed by atoms with van der Waals surface area (Å²) in [6.07, 6.45) is 0.0760. The van der Waals surface area contributed by atoms with Gasteiger partial charge in [-0.3, -0.25) is 9.59 Å². The van der Waals surface area contributed by atoms with Crippen LogP contribution in [-0.4, -0.2) is 33.2 Å². The molecule has 0 aliphatic carbocycles. The maximum atomic E-state index is 12.5. The van der Waals surface area contributed by atoms with Crippen LogP contribution in [0, 0.1) is 0 Å². The van der Waals surface area contributed by atoms with Crippen molar-refractivity contribution in [1.82, 2.24) is 0 Å². The van der Waals surface area contributed by atoms with Crippen LogP contribution in [-0.2, 0) is 11.2 Å². The van der Waals surface area contributed by atoms with Crippen molar-refractivity contribution >= 4 is 17.6 Å². The van der Waals surface area contributed by atoms with Gasteiger partial charge in [0.2, 0.25) is 0 Å². The number of ether oxygens (including phenoxy) is 4. The van der Waals surface area contributed by atoms with Crippen LogP contribution in [0.4, 0.5) is 5.69 Å². The molecule has 1 amide bonds. The first-order valence-electron chi connectivity index (χ1n) is 9.50. The number of esters is 1. The molecule has 0 spiro atoms. The first kappa shape index (κ1) is 21.7. The van der Waals surface area contributed by atoms with E-state index in [2.05, 4.69) is 5.32 Å². The van der Waals surface area contributed by atoms with E-state index >= 15 is 0 Å². The Labute approximate surface area is 180 Å². The number of carbonyl (C=O) groups is 2. The molecule has 3 rings (SSSR count). The second-order valence-corrected chi connectivity index (χ2v) is 6.52. The van der Waals surface area contributed by atoms with Gasteiger partial charge < -0.3 is 24.3 Å². The Hall–Kier alpha value is -4.00. The summed E-state index contributed by atoms with van der Waals surface area (Å²) in [5, 5.41) is 2.79. The van der Waals surface area contributed by atoms with Crippen molar-refractivity contribution in [1.29, 1.82) is 0 Å². The first-order chi connectivity index (χ1) is 15.0. The van der Waals surface area contributed by atoms with Gasteiger partial charge in [0, 0.05) is 5.69 Å². The highest BCUT2D eigenvalue weighted by molar-refractivity contribution is 6.06. The number of anilines is 1. The number of methoxy groups -OCH3 is 3. The minimum absolute atomic E-state index is 0.0760. The number of nitrogens with one attached hydrogen (secondary N) is 1. The SMILES string of the molecule is COc1ccc(CC(=O)Oc2ccc(NC(=O)c3ccccc3OC)cc2)cc1OC. The number of rotatable bonds is 8. The molecule has 1 N–H and O–H groups in total. The Morgan fingerprint density at radius 1 is 0.774 bits per heavy atom. The van der Waals surface area contributed by atoms with Gasteiger partial charge in [-0.2, -0.15) is 0 Å². The standard InChI is InChI=1S/C24H23NO6/c1-28-20-7-5-4-6-19(20)24(27)25-17-9-11-18(12-10-17)31-23(26)15-16-8-13-21(29-2)22(14-16)30-3/h4-14H,15H2,1-3H3,(H,25,27). The molecule has 0 saturated heterocycles. The molecule has 0 aliphatic heterocycles. The van der Waals surface area contributed by atoms with Gasteiger partial charge in [-0.05, 0) is 54.1 Å². The van der Waals surface area contributed by atoms with Gasteiger partial charge in [0.1, 0.15) is 11.5 Å². The molecule has 7 nitrogen and oxygen atoms in total. The zero-order valence-corrected chi connectivity index (χ0v) is 17.5. The zero-order chi connectivity index (χ0) is 22.2. The summed E-state index contributed by atoms with van der Waals surface area (Å²) < 4.78 is 21.0. The Morgan fingerprint density at radius 2 is 1.45 bits per heavy atom. The molecule has 0 unspecified atom stereocenters. The second kappa shape index (κ2) is 10.2. The summed E-state index contributed by atoms with van der Waals surface area (Å²) in [5.74, 6) is 1.28. The van der Waals surface area contributed by atoms with Gasteiger partial charge in [0.25, 0.3) is 5.91 Å². The molecule has 3 aromatic carbocycles. The summed E-state index contributed by atoms with van der Waals surface area (Å²) >= 11 is 0. The third-order valence-electron chi connectivity index (χ3n) is 4.49. The predicted octanol–water partition coefficient (Wildman–Crippen LogP) is 4.11. The van der Waals surface area contributed by atoms with E-state index in [0.29, 0.717) is 34.2 Å². The lowest BCUT2D eigenvalue weighted by molar-refractivity contribution is -0.133. The summed E-state index contributed by atoms with van der Waals surface area (Å²) in [7, 11) is 4.60. The quantitative estimate of drug-likeness (QED) is 0.435. The van der Waals surface area contributed by atoms with Crippen LogP contribution in [0.5, 0.6) is 23.0 Å². The fraction of sp³-hybridized carbons (Fsp3) is 0.167. The molecular weight excluding hydrogens is 398 g/mol. The minimum atomic E-state index is -0.418. The maximum Gasteiger partial charge on any atom is 0.315 e. The van der Waals surface area contributed by atoms with Gasteiger partial charge in [-0.1, -0.05) is 18.2 Å². The molecule has 3 aromatic rings. The van der Waals surface area contributed by atoms with Crippen LogP contribution >= 0.6 is 0 Å². The van der Waals surface area contributed by atoms with E-state index in [1.54, 1.807) is 73.8 Å². The molecular formula is C24H23NO6. The normalized spacial score (nSPS) is 10.2. The molecule has 0 radical (unpaired) electrons. The van der Waals surface area contributed by atoms with Crippen molar-refractivity contribution in [2.45, 2.75) is 6.42 Å². The molecule has 0 fully saturated rings. The van der Waals surface area contributed by atoms with E-state index in [-0.39, 0.29) is 12.3 Å². The molecule has 7 heteroatoms. The zero-order valence-electron chi connectivity index (χ0n) is 17.5. The highest BCUT2D eigenvalue weighted by Gasteiger charge is 2.13. The topological polar surface area (TPSA) is 83.1 Å². The van der Waals surface area contributed by atoms with Gasteiger partial charge >= 0.3 is 5.97 Å². The number of para-hydroxylation sites is 1. The van der Waals surface area contributed by atoms with Crippen LogP contribution < -0.4 is 24.3 Å². The monoisotopic (exact) mass is 421 g/mol. The summed E-state index contributed by atoms with van der Waals surface area (Å²) in [6, 6.07) is 18.7. The van der Waals surface area contributed by atoms with Crippen LogP contribution in [0.25, 0.3) is 0 Å². The van der Waals surface area contributed by atoms with E-state index in [4.69, 9.17) is 18.9 Å². The molecule has 0 atom stereocenters. The highest BCUT2D eigenvalue weighted by Crippen LogP contribution is 2.28. The lowest BCUT2D eigenvalue weighted by Crippen LogP contribution is -2.13. The Balaban J connectivity index is 1.60. The van der Waals surface area contributed by atoms with Crippen molar-refractivity contribution in [2.24, 2.45) is 0 Å². The Kier molecular flexibility index (Phi) is 7.11. The number of hydrogen-bond acceptors (Lipinski definition) is 6. The minimum Gasteiger partial charge on any atom is -0.496 e. The summed E-state index contributed by atoms with van der Waals surface area (Å²) in [6.45, 7) is 0. The molecule has 0 heterocycles. The van der Waals surface area contributed by atoms with Crippen LogP contribution in [0.3, 0.4) is 0 Å². The maximum absolute atomic E-state index is 12.5. The molecule has 31 heavy (non-hydrogen) atoms. The van der Waals surface area contributed by atoms with Gasteiger partial charge in [0.15, 0.2) is 11.5 Å². The van der Waals surface area contributed by atoms with Gasteiger partial charge in [-0.15, -0.1) is 0 Å². The number of amides is 1. The van der Waals surface area contributed by atoms with Gasteiger partial charge in [0.05, 0.1) is 33.3 Å². The Bertz CT molecular complexity index is 1060. The highest BCUT2D eigenvalue weighted by atomic mass is 16.5. The third-order valence-corrected chi connectivity index (χ3v) is 4.49. The lowest BCUT2D eigenvalue weighted by Gasteiger charge is -2.11. The largest absolute Gasteiger partial charge is 0.496 e. The van der Waals surface area contributed by atoms with Crippen molar-refractivity contribution < 1.29 is 28.5 Å². The predicted molar refractivity (Wildman–Crippen MR) is 116 cm³/mol. The van der Waals surface area contributed by atoms with Crippen molar-refractivity contribution in [2.75, 3.05) is 26.6 Å². The van der Waals surface area contributed by atoms with Crippen LogP contribution in [0.1, 0.15) is 15.9 Å². The van der Waals surface area contributed by atoms with Gasteiger partial charge in [-0.25, -0.2) is 0 Å². The fourth-order valence-corrected chi connectivity index (χ4v) is 2.96. The van der Waals surface area contributed by atoms with E-state index in [1.807, 2.05) is 0 Å². The summed E-state index contributed by atoms with van der Waals surface area (Å²) in [5.41, 5.74) is 1.73. The molecule has 0 saturated carbocycles. The smallest absolute Gasteiger partial charge is 0.315 e. The molecule has 0 aromatic heterocycles. The van der Waals surface area contributed by atoms with E-state index in [9.17, 15) is 9.59 Å². The number of hydrogen-bond donors (Lipinski definition) is 1. The number of benzene rings is 3. The average molecular weight is 421 g/mol. The first-order valence-corrected chi connectivity index (χ1v) is 9.50. The molecule has 0 bridgehead atoms. The van der Waals surface area contributed by atoms with E-state index < -0.39 is 5.97 Å². The van der Waals surface area contributed by atoms with Crippen molar-refractivity contribution in [3.63, 3.8) is 0 Å². The van der Waals surface area contributed by atoms with E-state index in [0.717, 1.165) is 5.56 Å². The van der Waals surface area contributed by atoms with Crippen molar-refractivity contribution in [3.8, 4) is 23.0 Å². The van der Waals surface area contributed by atoms with Crippen LogP contribution in [0.15, 0.2) is 66.7 Å². The number of carbonyl (C=O) groups excluding carboxylic acids is 2. The second-order valence-electron chi connectivity index (χ2n) is 6.52. The average Bonchev–Trinajstić information content (AvgIpc) is 2.80. The van der Waals surface area contributed by atoms with E-state index in [1.165, 1.54) is 14.2 Å². The molecule has 0 aliphatic rings. The van der Waals surface area contributed by atoms with Crippen LogP contribution in [0.2, 0.25) is 0 Å². The Morgan fingerprint density at radius 3 is 2.13 bits per heavy atom. The fourth-order valence-electron chi connectivity index (χ4n) is 2.96. The van der Waals surface area contributed by atoms with Crippen molar-refractivity contribution in [3.05, 3.63) is 77.9 Å². The summed E-state index contributed by atoms with van der Waals surface area (Å²) in [4.78, 5) is 24.7.